The monoisotopic (exact) mass is 1150 g/mol. The Morgan fingerprint density at radius 3 is 1.20 bits per heavy atom. The maximum atomic E-state index is 12.7. The largest absolute Gasteiger partial charge is 0.307 e. The Kier molecular flexibility index (Phi) is 10.7. The highest BCUT2D eigenvalue weighted by Crippen LogP contribution is 2.54. The van der Waals surface area contributed by atoms with Gasteiger partial charge in [0.2, 0.25) is 11.6 Å². The summed E-state index contributed by atoms with van der Waals surface area (Å²) in [5.41, 5.74) is 27.2. The first-order chi connectivity index (χ1) is 44.6. The minimum Gasteiger partial charge on any atom is -0.307 e. The van der Waals surface area contributed by atoms with E-state index in [1.807, 2.05) is 0 Å². The molecule has 0 saturated heterocycles. The van der Waals surface area contributed by atoms with E-state index in [4.69, 9.17) is 9.97 Å². The van der Waals surface area contributed by atoms with E-state index in [1.165, 1.54) is 11.1 Å². The molecule has 1 aliphatic rings. The number of hydrogen-bond acceptors (Lipinski definition) is 3. The molecular weight excluding hydrogens is 1100 g/mol. The highest BCUT2D eigenvalue weighted by Gasteiger charge is 2.36. The first kappa shape index (κ1) is 49.9. The molecule has 8 heteroatoms. The molecular formula is C82H50N8. The lowest BCUT2D eigenvalue weighted by Crippen LogP contribution is -2.11. The van der Waals surface area contributed by atoms with Gasteiger partial charge in [0.25, 0.3) is 0 Å². The third-order valence-electron chi connectivity index (χ3n) is 18.8. The van der Waals surface area contributed by atoms with Gasteiger partial charge in [-0.25, -0.2) is 9.97 Å². The van der Waals surface area contributed by atoms with E-state index in [0.717, 1.165) is 156 Å². The summed E-state index contributed by atoms with van der Waals surface area (Å²) >= 11 is 0. The number of fused-ring (bicyclic) bond motifs is 16. The molecule has 90 heavy (non-hydrogen) atoms. The number of aromatic nitrogens is 7. The number of imidazole rings is 4. The average Bonchev–Trinajstić information content (AvgIpc) is 1.56. The predicted molar refractivity (Wildman–Crippen MR) is 366 cm³/mol. The van der Waals surface area contributed by atoms with Crippen molar-refractivity contribution >= 4 is 77.5 Å². The van der Waals surface area contributed by atoms with Crippen LogP contribution in [0.3, 0.4) is 0 Å². The maximum Gasteiger partial charge on any atom is 0.220 e. The van der Waals surface area contributed by atoms with Crippen molar-refractivity contribution in [2.75, 3.05) is 0 Å². The van der Waals surface area contributed by atoms with Crippen molar-refractivity contribution in [1.29, 1.82) is 5.26 Å². The number of nitrogens with zero attached hydrogens (tertiary/aromatic N) is 8. The smallest absolute Gasteiger partial charge is 0.220 e. The van der Waals surface area contributed by atoms with E-state index < -0.39 is 0 Å². The Morgan fingerprint density at radius 1 is 0.300 bits per heavy atom. The standard InChI is InChI=1S/C82H50N8/c83-50-67-79(78-63-33-15-13-29-59(63)60-30-14-16-34-64(60)78)65(55-37-41-68-74(47-55)89-76-45-53(51-21-5-1-6-22-51)39-43-72(76)86(81(89)84-68)57-25-9-3-10-26-57)49-66(80(67)88-70-35-19-17-31-61(70)62-32-18-20-36-71(62)88)56-38-42-69-75(48-56)90-77-46-54(52-23-7-2-8-24-52)40-44-73(77)87(82(90)85-69)58-27-11-4-12-28-58/h1-49,78H. The van der Waals surface area contributed by atoms with Crippen LogP contribution in [0.1, 0.15) is 28.2 Å². The van der Waals surface area contributed by atoms with Crippen LogP contribution in [0.15, 0.2) is 297 Å². The maximum absolute atomic E-state index is 12.7. The molecule has 0 atom stereocenters. The van der Waals surface area contributed by atoms with E-state index in [2.05, 4.69) is 326 Å². The minimum atomic E-state index is -0.308. The summed E-state index contributed by atoms with van der Waals surface area (Å²) < 4.78 is 11.6. The van der Waals surface area contributed by atoms with Crippen molar-refractivity contribution in [3.8, 4) is 78.8 Å². The molecule has 5 heterocycles. The zero-order valence-electron chi connectivity index (χ0n) is 48.4. The minimum absolute atomic E-state index is 0.308. The van der Waals surface area contributed by atoms with Gasteiger partial charge < -0.3 is 4.57 Å². The molecule has 0 radical (unpaired) electrons. The van der Waals surface area contributed by atoms with Crippen molar-refractivity contribution < 1.29 is 0 Å². The predicted octanol–water partition coefficient (Wildman–Crippen LogP) is 20.0. The molecule has 0 unspecified atom stereocenters. The van der Waals surface area contributed by atoms with Gasteiger partial charge in [-0.15, -0.1) is 0 Å². The van der Waals surface area contributed by atoms with Crippen LogP contribution in [0.4, 0.5) is 0 Å². The van der Waals surface area contributed by atoms with E-state index in [0.29, 0.717) is 5.56 Å². The van der Waals surface area contributed by atoms with Crippen LogP contribution < -0.4 is 0 Å². The van der Waals surface area contributed by atoms with E-state index in [-0.39, 0.29) is 5.92 Å². The number of hydrogen-bond donors (Lipinski definition) is 0. The summed E-state index contributed by atoms with van der Waals surface area (Å²) in [4.78, 5) is 11.0. The van der Waals surface area contributed by atoms with Crippen LogP contribution >= 0.6 is 0 Å². The lowest BCUT2D eigenvalue weighted by atomic mass is 9.79. The van der Waals surface area contributed by atoms with Crippen LogP contribution in [0.2, 0.25) is 0 Å². The summed E-state index contributed by atoms with van der Waals surface area (Å²) in [5.74, 6) is 1.32. The molecule has 0 N–H and O–H groups in total. The van der Waals surface area contributed by atoms with Gasteiger partial charge in [-0.05, 0) is 158 Å². The van der Waals surface area contributed by atoms with Gasteiger partial charge in [-0.3, -0.25) is 17.9 Å². The van der Waals surface area contributed by atoms with Gasteiger partial charge in [0, 0.05) is 33.6 Å². The quantitative estimate of drug-likeness (QED) is 0.152. The highest BCUT2D eigenvalue weighted by molar-refractivity contribution is 6.11. The normalized spacial score (nSPS) is 12.4. The second-order valence-corrected chi connectivity index (χ2v) is 23.6. The van der Waals surface area contributed by atoms with Gasteiger partial charge >= 0.3 is 0 Å². The number of nitriles is 1. The molecule has 5 aromatic heterocycles. The number of para-hydroxylation sites is 4. The summed E-state index contributed by atoms with van der Waals surface area (Å²) in [6, 6.07) is 109. The van der Waals surface area contributed by atoms with Crippen LogP contribution in [-0.2, 0) is 0 Å². The van der Waals surface area contributed by atoms with Crippen LogP contribution in [0, 0.1) is 11.3 Å². The SMILES string of the molecule is N#Cc1c(C2c3ccccc3-c3ccccc32)c(-c2ccc3nc4n(-c5ccccc5)c5ccc(-c6ccccc6)cc5n4c3c2)cc(-c2ccc3nc4n(-c5ccccc5)c5ccc(-c6ccccc6)cc5n4c3c2)c1-n1c2ccccc2c2ccccc21. The van der Waals surface area contributed by atoms with Crippen molar-refractivity contribution in [2.45, 2.75) is 5.92 Å². The summed E-state index contributed by atoms with van der Waals surface area (Å²) in [6.45, 7) is 0. The molecule has 8 nitrogen and oxygen atoms in total. The fourth-order valence-corrected chi connectivity index (χ4v) is 14.9. The third-order valence-corrected chi connectivity index (χ3v) is 18.8. The van der Waals surface area contributed by atoms with Crippen LogP contribution in [-0.4, -0.2) is 32.5 Å². The number of rotatable bonds is 8. The second kappa shape index (κ2) is 19.3. The zero-order valence-corrected chi connectivity index (χ0v) is 48.4. The van der Waals surface area contributed by atoms with E-state index in [1.54, 1.807) is 0 Å². The van der Waals surface area contributed by atoms with Crippen LogP contribution in [0.25, 0.3) is 150 Å². The van der Waals surface area contributed by atoms with Gasteiger partial charge in [-0.1, -0.05) is 206 Å². The zero-order chi connectivity index (χ0) is 59.1. The fraction of sp³-hybridized carbons (Fsp3) is 0.0122. The van der Waals surface area contributed by atoms with E-state index in [9.17, 15) is 5.26 Å². The summed E-state index contributed by atoms with van der Waals surface area (Å²) in [6.07, 6.45) is 0. The average molecular weight is 1150 g/mol. The molecule has 0 saturated carbocycles. The summed E-state index contributed by atoms with van der Waals surface area (Å²) in [5, 5.41) is 14.9. The number of benzene rings is 13. The Balaban J connectivity index is 0.954. The lowest BCUT2D eigenvalue weighted by Gasteiger charge is -2.26. The molecule has 0 aliphatic heterocycles. The van der Waals surface area contributed by atoms with Crippen molar-refractivity contribution in [2.24, 2.45) is 0 Å². The lowest BCUT2D eigenvalue weighted by molar-refractivity contribution is 1.00. The molecule has 0 bridgehead atoms. The topological polar surface area (TPSA) is 73.2 Å². The Labute approximate surface area is 516 Å². The second-order valence-electron chi connectivity index (χ2n) is 23.6. The van der Waals surface area contributed by atoms with Crippen molar-refractivity contribution in [1.82, 2.24) is 32.5 Å². The van der Waals surface area contributed by atoms with Crippen molar-refractivity contribution in [3.05, 3.63) is 320 Å². The molecule has 18 aromatic rings. The summed E-state index contributed by atoms with van der Waals surface area (Å²) in [7, 11) is 0. The first-order valence-electron chi connectivity index (χ1n) is 30.6. The third kappa shape index (κ3) is 7.23. The van der Waals surface area contributed by atoms with Gasteiger partial charge in [0.1, 0.15) is 6.07 Å². The first-order valence-corrected chi connectivity index (χ1v) is 30.6. The van der Waals surface area contributed by atoms with Gasteiger partial charge in [0.05, 0.1) is 66.4 Å². The Morgan fingerprint density at radius 2 is 0.711 bits per heavy atom. The highest BCUT2D eigenvalue weighted by atomic mass is 15.2. The Bertz CT molecular complexity index is 5940. The van der Waals surface area contributed by atoms with Gasteiger partial charge in [-0.2, -0.15) is 5.26 Å². The molecule has 19 rings (SSSR count). The molecule has 0 amide bonds. The molecule has 13 aromatic carbocycles. The fourth-order valence-electron chi connectivity index (χ4n) is 14.9. The molecule has 1 aliphatic carbocycles. The van der Waals surface area contributed by atoms with Crippen molar-refractivity contribution in [3.63, 3.8) is 0 Å². The van der Waals surface area contributed by atoms with E-state index >= 15 is 0 Å². The van der Waals surface area contributed by atoms with Crippen LogP contribution in [0.5, 0.6) is 0 Å². The van der Waals surface area contributed by atoms with Gasteiger partial charge in [0.15, 0.2) is 0 Å². The molecule has 0 fully saturated rings. The molecule has 0 spiro atoms. The Hall–Kier alpha value is -12.3. The molecule has 418 valence electrons.